The highest BCUT2D eigenvalue weighted by Gasteiger charge is 2.21. The van der Waals surface area contributed by atoms with Crippen LogP contribution in [-0.2, 0) is 0 Å². The van der Waals surface area contributed by atoms with Crippen LogP contribution in [0.25, 0.3) is 0 Å². The Bertz CT molecular complexity index is 524. The number of likely N-dealkylation sites (tertiary alicyclic amines) is 1. The summed E-state index contributed by atoms with van der Waals surface area (Å²) in [6, 6.07) is 4.00. The Labute approximate surface area is 116 Å². The molecule has 1 aliphatic rings. The first-order chi connectivity index (χ1) is 9.47. The molecule has 0 bridgehead atoms. The van der Waals surface area contributed by atoms with Crippen LogP contribution in [0.2, 0.25) is 0 Å². The number of nitrogens with one attached hydrogen (secondary N) is 1. The number of anilines is 1. The second kappa shape index (κ2) is 5.87. The monoisotopic (exact) mass is 278 g/mol. The molecule has 0 radical (unpaired) electrons. The number of nitrogens with two attached hydrogens (primary N) is 1. The zero-order chi connectivity index (χ0) is 14.7. The van der Waals surface area contributed by atoms with Crippen LogP contribution in [0.4, 0.5) is 11.4 Å². The van der Waals surface area contributed by atoms with Gasteiger partial charge in [0.2, 0.25) is 0 Å². The van der Waals surface area contributed by atoms with Crippen LogP contribution < -0.4 is 11.1 Å². The van der Waals surface area contributed by atoms with Crippen molar-refractivity contribution < 1.29 is 9.72 Å². The number of carbonyl (C=O) groups excluding carboxylic acids is 1. The van der Waals surface area contributed by atoms with E-state index in [1.165, 1.54) is 18.2 Å². The molecule has 3 N–H and O–H groups in total. The molecule has 1 aromatic carbocycles. The van der Waals surface area contributed by atoms with E-state index in [1.54, 1.807) is 0 Å². The first-order valence-electron chi connectivity index (χ1n) is 6.50. The van der Waals surface area contributed by atoms with Gasteiger partial charge in [0.25, 0.3) is 11.6 Å². The van der Waals surface area contributed by atoms with Crippen LogP contribution >= 0.6 is 0 Å². The third-order valence-electron chi connectivity index (χ3n) is 3.55. The number of piperidine rings is 1. The van der Waals surface area contributed by atoms with Gasteiger partial charge in [-0.15, -0.1) is 0 Å². The third kappa shape index (κ3) is 3.24. The first-order valence-corrected chi connectivity index (χ1v) is 6.50. The minimum atomic E-state index is -0.536. The Balaban J connectivity index is 2.08. The average molecular weight is 278 g/mol. The molecule has 1 heterocycles. The summed E-state index contributed by atoms with van der Waals surface area (Å²) in [6.45, 7) is 1.85. The molecular weight excluding hydrogens is 260 g/mol. The van der Waals surface area contributed by atoms with E-state index in [1.807, 2.05) is 7.05 Å². The molecule has 0 unspecified atom stereocenters. The largest absolute Gasteiger partial charge is 0.398 e. The lowest BCUT2D eigenvalue weighted by Gasteiger charge is -2.29. The van der Waals surface area contributed by atoms with Crippen LogP contribution in [0.15, 0.2) is 18.2 Å². The maximum Gasteiger partial charge on any atom is 0.270 e. The Morgan fingerprint density at radius 2 is 2.10 bits per heavy atom. The van der Waals surface area contributed by atoms with Crippen LogP contribution in [0.5, 0.6) is 0 Å². The zero-order valence-electron chi connectivity index (χ0n) is 11.3. The van der Waals surface area contributed by atoms with E-state index in [9.17, 15) is 14.9 Å². The van der Waals surface area contributed by atoms with Gasteiger partial charge >= 0.3 is 0 Å². The van der Waals surface area contributed by atoms with E-state index in [0.717, 1.165) is 25.9 Å². The van der Waals surface area contributed by atoms with Crippen molar-refractivity contribution in [3.8, 4) is 0 Å². The van der Waals surface area contributed by atoms with Crippen LogP contribution in [0, 0.1) is 10.1 Å². The molecule has 7 heteroatoms. The summed E-state index contributed by atoms with van der Waals surface area (Å²) in [7, 11) is 2.04. The fourth-order valence-electron chi connectivity index (χ4n) is 2.27. The fourth-order valence-corrected chi connectivity index (χ4v) is 2.27. The van der Waals surface area contributed by atoms with Crippen molar-refractivity contribution in [1.29, 1.82) is 0 Å². The van der Waals surface area contributed by atoms with E-state index in [4.69, 9.17) is 5.73 Å². The van der Waals surface area contributed by atoms with Gasteiger partial charge in [0.05, 0.1) is 10.5 Å². The highest BCUT2D eigenvalue weighted by atomic mass is 16.6. The highest BCUT2D eigenvalue weighted by Crippen LogP contribution is 2.20. The molecule has 1 saturated heterocycles. The van der Waals surface area contributed by atoms with E-state index in [2.05, 4.69) is 10.2 Å². The van der Waals surface area contributed by atoms with Crippen LogP contribution in [0.1, 0.15) is 23.2 Å². The maximum absolute atomic E-state index is 12.2. The average Bonchev–Trinajstić information content (AvgIpc) is 2.41. The topological polar surface area (TPSA) is 102 Å². The van der Waals surface area contributed by atoms with Crippen molar-refractivity contribution in [2.45, 2.75) is 18.9 Å². The van der Waals surface area contributed by atoms with Gasteiger partial charge in [-0.25, -0.2) is 0 Å². The second-order valence-corrected chi connectivity index (χ2v) is 5.08. The number of nitro groups is 1. The van der Waals surface area contributed by atoms with E-state index in [0.29, 0.717) is 0 Å². The molecule has 0 atom stereocenters. The molecule has 0 aromatic heterocycles. The predicted octanol–water partition coefficient (Wildman–Crippen LogP) is 1.00. The van der Waals surface area contributed by atoms with Gasteiger partial charge in [-0.3, -0.25) is 14.9 Å². The van der Waals surface area contributed by atoms with Crippen molar-refractivity contribution >= 4 is 17.3 Å². The van der Waals surface area contributed by atoms with Crippen LogP contribution in [-0.4, -0.2) is 41.9 Å². The number of rotatable bonds is 3. The summed E-state index contributed by atoms with van der Waals surface area (Å²) in [5, 5.41) is 13.6. The number of nitro benzene ring substituents is 1. The number of benzene rings is 1. The zero-order valence-corrected chi connectivity index (χ0v) is 11.3. The third-order valence-corrected chi connectivity index (χ3v) is 3.55. The number of carbonyl (C=O) groups is 1. The summed E-state index contributed by atoms with van der Waals surface area (Å²) in [4.78, 5) is 24.6. The van der Waals surface area contributed by atoms with Crippen LogP contribution in [0.3, 0.4) is 0 Å². The van der Waals surface area contributed by atoms with Gasteiger partial charge in [-0.05, 0) is 39.0 Å². The number of non-ortho nitro benzene ring substituents is 1. The summed E-state index contributed by atoms with van der Waals surface area (Å²) < 4.78 is 0. The normalized spacial score (nSPS) is 16.9. The van der Waals surface area contributed by atoms with Crippen molar-refractivity contribution in [2.75, 3.05) is 25.9 Å². The molecular formula is C13H18N4O3. The number of nitrogens with zero attached hydrogens (tertiary/aromatic N) is 2. The van der Waals surface area contributed by atoms with Gasteiger partial charge in [-0.2, -0.15) is 0 Å². The lowest BCUT2D eigenvalue weighted by molar-refractivity contribution is -0.384. The summed E-state index contributed by atoms with van der Waals surface area (Å²) >= 11 is 0. The second-order valence-electron chi connectivity index (χ2n) is 5.08. The van der Waals surface area contributed by atoms with E-state index >= 15 is 0 Å². The minimum absolute atomic E-state index is 0.0948. The molecule has 1 aromatic rings. The highest BCUT2D eigenvalue weighted by molar-refractivity contribution is 5.99. The summed E-state index contributed by atoms with van der Waals surface area (Å²) in [5.74, 6) is -0.347. The molecule has 7 nitrogen and oxygen atoms in total. The molecule has 0 spiro atoms. The standard InChI is InChI=1S/C13H18N4O3/c1-16-6-4-9(5-7-16)15-13(18)11-8-10(17(19)20)2-3-12(11)14/h2-3,8-9H,4-7,14H2,1H3,(H,15,18). The van der Waals surface area contributed by atoms with Gasteiger partial charge < -0.3 is 16.0 Å². The molecule has 1 amide bonds. The van der Waals surface area contributed by atoms with E-state index < -0.39 is 4.92 Å². The van der Waals surface area contributed by atoms with Gasteiger partial charge in [0.15, 0.2) is 0 Å². The van der Waals surface area contributed by atoms with Gasteiger partial charge in [0.1, 0.15) is 0 Å². The number of hydrogen-bond acceptors (Lipinski definition) is 5. The van der Waals surface area contributed by atoms with Gasteiger partial charge in [-0.1, -0.05) is 0 Å². The smallest absolute Gasteiger partial charge is 0.270 e. The summed E-state index contributed by atoms with van der Waals surface area (Å²) in [6.07, 6.45) is 1.74. The Kier molecular flexibility index (Phi) is 4.19. The molecule has 0 aliphatic carbocycles. The minimum Gasteiger partial charge on any atom is -0.398 e. The Morgan fingerprint density at radius 1 is 1.45 bits per heavy atom. The summed E-state index contributed by atoms with van der Waals surface area (Å²) in [5.41, 5.74) is 6.01. The van der Waals surface area contributed by atoms with E-state index in [-0.39, 0.29) is 28.9 Å². The number of nitrogen functional groups attached to an aromatic ring is 1. The lowest BCUT2D eigenvalue weighted by atomic mass is 10.0. The van der Waals surface area contributed by atoms with Crippen molar-refractivity contribution in [3.05, 3.63) is 33.9 Å². The van der Waals surface area contributed by atoms with Gasteiger partial charge in [0, 0.05) is 23.9 Å². The Morgan fingerprint density at radius 3 is 2.70 bits per heavy atom. The number of amides is 1. The fraction of sp³-hybridized carbons (Fsp3) is 0.462. The lowest BCUT2D eigenvalue weighted by Crippen LogP contribution is -2.43. The molecule has 1 fully saturated rings. The maximum atomic E-state index is 12.2. The number of hydrogen-bond donors (Lipinski definition) is 2. The molecule has 108 valence electrons. The quantitative estimate of drug-likeness (QED) is 0.488. The predicted molar refractivity (Wildman–Crippen MR) is 75.5 cm³/mol. The molecule has 0 saturated carbocycles. The first kappa shape index (κ1) is 14.3. The van der Waals surface area contributed by atoms with Crippen molar-refractivity contribution in [2.24, 2.45) is 0 Å². The molecule has 1 aliphatic heterocycles. The molecule has 20 heavy (non-hydrogen) atoms. The van der Waals surface area contributed by atoms with Crippen molar-refractivity contribution in [1.82, 2.24) is 10.2 Å². The SMILES string of the molecule is CN1CCC(NC(=O)c2cc([N+](=O)[O-])ccc2N)CC1. The van der Waals surface area contributed by atoms with Crippen molar-refractivity contribution in [3.63, 3.8) is 0 Å². The molecule has 2 rings (SSSR count). The Hall–Kier alpha value is -2.15.